The number of nitrogens with one attached hydrogen (secondary N) is 1. The summed E-state index contributed by atoms with van der Waals surface area (Å²) in [5.74, 6) is 0.859. The van der Waals surface area contributed by atoms with Crippen LogP contribution >= 0.6 is 0 Å². The lowest BCUT2D eigenvalue weighted by Crippen LogP contribution is -2.21. The van der Waals surface area contributed by atoms with Crippen LogP contribution in [0.15, 0.2) is 29.3 Å². The molecular weight excluding hydrogens is 266 g/mol. The smallest absolute Gasteiger partial charge is 0.119 e. The van der Waals surface area contributed by atoms with E-state index >= 15 is 0 Å². The van der Waals surface area contributed by atoms with Crippen molar-refractivity contribution in [2.24, 2.45) is 4.99 Å². The highest BCUT2D eigenvalue weighted by molar-refractivity contribution is 5.59. The Bertz CT molecular complexity index is 387. The maximum atomic E-state index is 8.39. The minimum atomic E-state index is 0.747. The van der Waals surface area contributed by atoms with E-state index in [4.69, 9.17) is 9.94 Å². The number of aliphatic imine (C=N–C) groups is 1. The molecule has 1 saturated heterocycles. The second kappa shape index (κ2) is 11.1. The normalized spacial score (nSPS) is 14.8. The second-order valence-electron chi connectivity index (χ2n) is 4.63. The van der Waals surface area contributed by atoms with Gasteiger partial charge >= 0.3 is 0 Å². The molecule has 1 aliphatic heterocycles. The predicted octanol–water partition coefficient (Wildman–Crippen LogP) is 3.22. The maximum absolute atomic E-state index is 8.39. The van der Waals surface area contributed by atoms with Gasteiger partial charge in [0.05, 0.1) is 12.3 Å². The van der Waals surface area contributed by atoms with Crippen molar-refractivity contribution in [2.75, 3.05) is 26.2 Å². The predicted molar refractivity (Wildman–Crippen MR) is 86.7 cm³/mol. The van der Waals surface area contributed by atoms with Crippen LogP contribution in [0.1, 0.15) is 33.1 Å². The van der Waals surface area contributed by atoms with Gasteiger partial charge in [0.1, 0.15) is 12.1 Å². The van der Waals surface area contributed by atoms with Gasteiger partial charge in [-0.2, -0.15) is 0 Å². The van der Waals surface area contributed by atoms with E-state index in [1.807, 2.05) is 43.6 Å². The molecule has 0 radical (unpaired) electrons. The molecular formula is C16H27N3O2. The summed E-state index contributed by atoms with van der Waals surface area (Å²) in [4.78, 5) is 6.46. The maximum Gasteiger partial charge on any atom is 0.119 e. The number of hydrogen-bond donors (Lipinski definition) is 2. The molecule has 0 saturated carbocycles. The fourth-order valence-corrected chi connectivity index (χ4v) is 2.22. The molecule has 118 valence electrons. The third-order valence-electron chi connectivity index (χ3n) is 3.19. The summed E-state index contributed by atoms with van der Waals surface area (Å²) < 4.78 is 5.68. The van der Waals surface area contributed by atoms with Crippen molar-refractivity contribution in [1.29, 1.82) is 0 Å². The number of rotatable bonds is 7. The Balaban J connectivity index is 0.00000106. The van der Waals surface area contributed by atoms with Gasteiger partial charge in [-0.05, 0) is 56.6 Å². The van der Waals surface area contributed by atoms with Gasteiger partial charge in [-0.15, -0.1) is 0 Å². The van der Waals surface area contributed by atoms with E-state index in [0.29, 0.717) is 0 Å². The fraction of sp³-hybridized carbons (Fsp3) is 0.562. The van der Waals surface area contributed by atoms with E-state index in [1.165, 1.54) is 32.3 Å². The van der Waals surface area contributed by atoms with Gasteiger partial charge in [0.2, 0.25) is 0 Å². The van der Waals surface area contributed by atoms with Gasteiger partial charge in [0, 0.05) is 6.54 Å². The molecule has 0 aliphatic carbocycles. The molecule has 0 aromatic heterocycles. The second-order valence-corrected chi connectivity index (χ2v) is 4.63. The lowest BCUT2D eigenvalue weighted by atomic mass is 10.3. The van der Waals surface area contributed by atoms with Crippen molar-refractivity contribution in [2.45, 2.75) is 33.1 Å². The Morgan fingerprint density at radius 1 is 1.24 bits per heavy atom. The zero-order valence-corrected chi connectivity index (χ0v) is 13.1. The number of likely N-dealkylation sites (tertiary alicyclic amines) is 1. The Morgan fingerprint density at radius 2 is 1.90 bits per heavy atom. The van der Waals surface area contributed by atoms with Crippen LogP contribution in [0.2, 0.25) is 0 Å². The number of hydroxylamine groups is 1. The Labute approximate surface area is 127 Å². The lowest BCUT2D eigenvalue weighted by molar-refractivity contribution is 0.240. The van der Waals surface area contributed by atoms with Crippen LogP contribution in [-0.2, 0) is 0 Å². The molecule has 1 fully saturated rings. The molecule has 1 aromatic rings. The fourth-order valence-electron chi connectivity index (χ4n) is 2.22. The summed E-state index contributed by atoms with van der Waals surface area (Å²) in [6.07, 6.45) is 4.97. The number of nitrogens with zero attached hydrogens (tertiary/aromatic N) is 2. The lowest BCUT2D eigenvalue weighted by Gasteiger charge is -2.14. The first-order valence-corrected chi connectivity index (χ1v) is 7.76. The highest BCUT2D eigenvalue weighted by Gasteiger charge is 2.10. The van der Waals surface area contributed by atoms with Crippen LogP contribution in [0.3, 0.4) is 0 Å². The van der Waals surface area contributed by atoms with Crippen LogP contribution in [0.25, 0.3) is 0 Å². The van der Waals surface area contributed by atoms with Gasteiger partial charge in [-0.3, -0.25) is 10.7 Å². The Morgan fingerprint density at radius 3 is 2.52 bits per heavy atom. The highest BCUT2D eigenvalue weighted by atomic mass is 16.5. The average Bonchev–Trinajstić information content (AvgIpc) is 3.06. The van der Waals surface area contributed by atoms with Crippen molar-refractivity contribution in [1.82, 2.24) is 10.4 Å². The molecule has 1 aromatic carbocycles. The Hall–Kier alpha value is -1.59. The van der Waals surface area contributed by atoms with Gasteiger partial charge < -0.3 is 9.64 Å². The Kier molecular flexibility index (Phi) is 9.24. The van der Waals surface area contributed by atoms with Crippen LogP contribution < -0.4 is 10.2 Å². The zero-order chi connectivity index (χ0) is 15.3. The van der Waals surface area contributed by atoms with Gasteiger partial charge in [0.15, 0.2) is 0 Å². The van der Waals surface area contributed by atoms with E-state index in [-0.39, 0.29) is 0 Å². The van der Waals surface area contributed by atoms with Gasteiger partial charge in [-0.25, -0.2) is 4.99 Å². The molecule has 0 bridgehead atoms. The summed E-state index contributed by atoms with van der Waals surface area (Å²) in [5, 5.41) is 8.39. The first kappa shape index (κ1) is 17.5. The van der Waals surface area contributed by atoms with Crippen LogP contribution in [0, 0.1) is 0 Å². The molecule has 21 heavy (non-hydrogen) atoms. The molecule has 0 amide bonds. The number of ether oxygens (including phenoxy) is 1. The molecule has 2 rings (SSSR count). The molecule has 0 atom stereocenters. The van der Waals surface area contributed by atoms with E-state index < -0.39 is 0 Å². The molecule has 1 heterocycles. The summed E-state index contributed by atoms with van der Waals surface area (Å²) in [5.41, 5.74) is 2.64. The minimum Gasteiger partial charge on any atom is -0.494 e. The SMILES string of the molecule is CC.ONC=Nc1ccc(OCCCN2CCCC2)cc1. The minimum absolute atomic E-state index is 0.747. The van der Waals surface area contributed by atoms with Crippen molar-refractivity contribution in [3.05, 3.63) is 24.3 Å². The third kappa shape index (κ3) is 7.11. The third-order valence-corrected chi connectivity index (χ3v) is 3.19. The quantitative estimate of drug-likeness (QED) is 0.351. The standard InChI is InChI=1S/C14H21N3O2.C2H6/c18-16-12-15-13-4-6-14(7-5-13)19-11-3-10-17-8-1-2-9-17;1-2/h4-7,12,18H,1-3,8-11H2,(H,15,16);1-2H3. The largest absolute Gasteiger partial charge is 0.494 e. The van der Waals surface area contributed by atoms with Crippen molar-refractivity contribution in [3.8, 4) is 5.75 Å². The first-order valence-electron chi connectivity index (χ1n) is 7.76. The van der Waals surface area contributed by atoms with Crippen LogP contribution in [0.4, 0.5) is 5.69 Å². The molecule has 5 nitrogen and oxygen atoms in total. The molecule has 0 unspecified atom stereocenters. The number of hydrogen-bond acceptors (Lipinski definition) is 4. The van der Waals surface area contributed by atoms with Crippen LogP contribution in [-0.4, -0.2) is 42.7 Å². The summed E-state index contributed by atoms with van der Waals surface area (Å²) in [7, 11) is 0. The van der Waals surface area contributed by atoms with Crippen LogP contribution in [0.5, 0.6) is 5.75 Å². The van der Waals surface area contributed by atoms with Gasteiger partial charge in [0.25, 0.3) is 0 Å². The molecule has 5 heteroatoms. The molecule has 1 aliphatic rings. The number of benzene rings is 1. The monoisotopic (exact) mass is 293 g/mol. The van der Waals surface area contributed by atoms with Crippen molar-refractivity contribution < 1.29 is 9.94 Å². The summed E-state index contributed by atoms with van der Waals surface area (Å²) in [6.45, 7) is 8.36. The molecule has 2 N–H and O–H groups in total. The highest BCUT2D eigenvalue weighted by Crippen LogP contribution is 2.17. The van der Waals surface area contributed by atoms with E-state index in [2.05, 4.69) is 9.89 Å². The average molecular weight is 293 g/mol. The zero-order valence-electron chi connectivity index (χ0n) is 13.1. The van der Waals surface area contributed by atoms with E-state index in [0.717, 1.165) is 31.0 Å². The first-order chi connectivity index (χ1) is 10.4. The van der Waals surface area contributed by atoms with E-state index in [1.54, 1.807) is 0 Å². The van der Waals surface area contributed by atoms with E-state index in [9.17, 15) is 0 Å². The van der Waals surface area contributed by atoms with Crippen molar-refractivity contribution >= 4 is 12.0 Å². The topological polar surface area (TPSA) is 57.1 Å². The summed E-state index contributed by atoms with van der Waals surface area (Å²) in [6, 6.07) is 7.48. The molecule has 0 spiro atoms. The van der Waals surface area contributed by atoms with Crippen molar-refractivity contribution in [3.63, 3.8) is 0 Å². The van der Waals surface area contributed by atoms with Gasteiger partial charge in [-0.1, -0.05) is 13.8 Å². The summed E-state index contributed by atoms with van der Waals surface area (Å²) >= 11 is 0.